The summed E-state index contributed by atoms with van der Waals surface area (Å²) in [5.74, 6) is 0. The lowest BCUT2D eigenvalue weighted by Crippen LogP contribution is -2.35. The van der Waals surface area contributed by atoms with E-state index in [2.05, 4.69) is 43.9 Å². The first-order valence-electron chi connectivity index (χ1n) is 8.90. The van der Waals surface area contributed by atoms with Crippen LogP contribution in [-0.4, -0.2) is 24.0 Å². The van der Waals surface area contributed by atoms with E-state index in [4.69, 9.17) is 0 Å². The fourth-order valence-electron chi connectivity index (χ4n) is 4.00. The fourth-order valence-corrected chi connectivity index (χ4v) is 4.00. The summed E-state index contributed by atoms with van der Waals surface area (Å²) in [4.78, 5) is 2.76. The van der Waals surface area contributed by atoms with Crippen molar-refractivity contribution in [3.05, 3.63) is 34.9 Å². The molecule has 21 heavy (non-hydrogen) atoms. The molecule has 0 spiro atoms. The third-order valence-corrected chi connectivity index (χ3v) is 5.42. The van der Waals surface area contributed by atoms with E-state index in [1.165, 1.54) is 63.6 Å². The molecule has 116 valence electrons. The van der Waals surface area contributed by atoms with Crippen molar-refractivity contribution in [2.45, 2.75) is 77.2 Å². The van der Waals surface area contributed by atoms with Crippen LogP contribution < -0.4 is 0 Å². The van der Waals surface area contributed by atoms with Crippen LogP contribution in [0, 0.1) is 0 Å². The minimum absolute atomic E-state index is 0.264. The van der Waals surface area contributed by atoms with E-state index in [9.17, 15) is 0 Å². The van der Waals surface area contributed by atoms with E-state index >= 15 is 0 Å². The van der Waals surface area contributed by atoms with Crippen molar-refractivity contribution in [3.8, 4) is 0 Å². The predicted octanol–water partition coefficient (Wildman–Crippen LogP) is 4.72. The highest BCUT2D eigenvalue weighted by Gasteiger charge is 2.25. The summed E-state index contributed by atoms with van der Waals surface area (Å²) >= 11 is 0. The zero-order chi connectivity index (χ0) is 14.9. The first kappa shape index (κ1) is 15.1. The van der Waals surface area contributed by atoms with Crippen molar-refractivity contribution in [1.82, 2.24) is 4.90 Å². The predicted molar refractivity (Wildman–Crippen MR) is 91.0 cm³/mol. The lowest BCUT2D eigenvalue weighted by molar-refractivity contribution is 0.222. The summed E-state index contributed by atoms with van der Waals surface area (Å²) in [6.07, 6.45) is 9.55. The fraction of sp³-hybridized carbons (Fsp3) is 0.700. The third kappa shape index (κ3) is 3.51. The lowest BCUT2D eigenvalue weighted by Gasteiger charge is -2.31. The number of rotatable bonds is 1. The number of nitrogens with zero attached hydrogens (tertiary/aromatic N) is 1. The van der Waals surface area contributed by atoms with Crippen LogP contribution in [-0.2, 0) is 18.3 Å². The van der Waals surface area contributed by atoms with Crippen LogP contribution in [0.25, 0.3) is 0 Å². The van der Waals surface area contributed by atoms with Gasteiger partial charge in [-0.1, -0.05) is 45.4 Å². The van der Waals surface area contributed by atoms with Gasteiger partial charge in [0.15, 0.2) is 0 Å². The molecule has 1 aliphatic heterocycles. The molecule has 1 heterocycles. The second kappa shape index (κ2) is 6.12. The van der Waals surface area contributed by atoms with Gasteiger partial charge in [0.2, 0.25) is 0 Å². The third-order valence-electron chi connectivity index (χ3n) is 5.42. The Morgan fingerprint density at radius 1 is 0.952 bits per heavy atom. The number of aryl methyl sites for hydroxylation is 1. The van der Waals surface area contributed by atoms with Gasteiger partial charge in [-0.2, -0.15) is 0 Å². The van der Waals surface area contributed by atoms with Gasteiger partial charge >= 0.3 is 0 Å². The van der Waals surface area contributed by atoms with Crippen molar-refractivity contribution in [2.75, 3.05) is 13.1 Å². The van der Waals surface area contributed by atoms with Gasteiger partial charge in [0.1, 0.15) is 0 Å². The van der Waals surface area contributed by atoms with Crippen LogP contribution in [0.15, 0.2) is 18.2 Å². The summed E-state index contributed by atoms with van der Waals surface area (Å²) in [5, 5.41) is 0. The van der Waals surface area contributed by atoms with Gasteiger partial charge in [0, 0.05) is 6.04 Å². The summed E-state index contributed by atoms with van der Waals surface area (Å²) in [6.45, 7) is 9.65. The van der Waals surface area contributed by atoms with E-state index in [0.717, 1.165) is 6.04 Å². The van der Waals surface area contributed by atoms with Gasteiger partial charge in [-0.05, 0) is 73.7 Å². The Bertz CT molecular complexity index is 477. The van der Waals surface area contributed by atoms with Crippen molar-refractivity contribution in [3.63, 3.8) is 0 Å². The Morgan fingerprint density at radius 2 is 1.71 bits per heavy atom. The van der Waals surface area contributed by atoms with E-state index in [-0.39, 0.29) is 5.41 Å². The summed E-state index contributed by atoms with van der Waals surface area (Å²) in [6, 6.07) is 8.10. The molecular weight excluding hydrogens is 254 g/mol. The molecule has 0 aromatic heterocycles. The molecule has 1 fully saturated rings. The van der Waals surface area contributed by atoms with Crippen LogP contribution in [0.4, 0.5) is 0 Å². The maximum Gasteiger partial charge on any atom is 0.0136 e. The van der Waals surface area contributed by atoms with Crippen LogP contribution in [0.3, 0.4) is 0 Å². The highest BCUT2D eigenvalue weighted by Crippen LogP contribution is 2.29. The Hall–Kier alpha value is -0.820. The highest BCUT2D eigenvalue weighted by molar-refractivity contribution is 5.36. The van der Waals surface area contributed by atoms with Gasteiger partial charge in [-0.25, -0.2) is 0 Å². The second-order valence-corrected chi connectivity index (χ2v) is 8.08. The van der Waals surface area contributed by atoms with Crippen LogP contribution >= 0.6 is 0 Å². The maximum atomic E-state index is 2.76. The van der Waals surface area contributed by atoms with E-state index in [1.807, 2.05) is 0 Å². The smallest absolute Gasteiger partial charge is 0.0136 e. The molecule has 3 rings (SSSR count). The van der Waals surface area contributed by atoms with Crippen molar-refractivity contribution < 1.29 is 0 Å². The molecule has 2 aliphatic rings. The topological polar surface area (TPSA) is 3.24 Å². The number of likely N-dealkylation sites (tertiary alicyclic amines) is 1. The average molecular weight is 285 g/mol. The largest absolute Gasteiger partial charge is 0.300 e. The molecule has 1 aromatic carbocycles. The zero-order valence-corrected chi connectivity index (χ0v) is 14.1. The second-order valence-electron chi connectivity index (χ2n) is 8.08. The lowest BCUT2D eigenvalue weighted by atomic mass is 9.82. The maximum absolute atomic E-state index is 2.76. The molecule has 0 radical (unpaired) electrons. The molecule has 1 aliphatic carbocycles. The zero-order valence-electron chi connectivity index (χ0n) is 14.1. The van der Waals surface area contributed by atoms with Crippen LogP contribution in [0.1, 0.15) is 69.6 Å². The molecular formula is C20H31N. The van der Waals surface area contributed by atoms with Crippen LogP contribution in [0.5, 0.6) is 0 Å². The van der Waals surface area contributed by atoms with Crippen molar-refractivity contribution in [2.24, 2.45) is 0 Å². The molecule has 1 saturated heterocycles. The highest BCUT2D eigenvalue weighted by atomic mass is 15.2. The Kier molecular flexibility index (Phi) is 4.40. The van der Waals surface area contributed by atoms with Gasteiger partial charge in [-0.15, -0.1) is 0 Å². The molecule has 1 aromatic rings. The average Bonchev–Trinajstić information content (AvgIpc) is 2.92. The SMILES string of the molecule is CC(C)(C)c1ccc2c(c1)CC(N1CCCC1)CCCC2. The minimum Gasteiger partial charge on any atom is -0.300 e. The molecule has 0 bridgehead atoms. The molecule has 0 N–H and O–H groups in total. The molecule has 0 amide bonds. The van der Waals surface area contributed by atoms with E-state index in [1.54, 1.807) is 11.1 Å². The number of fused-ring (bicyclic) bond motifs is 1. The molecule has 0 saturated carbocycles. The molecule has 1 heteroatoms. The van der Waals surface area contributed by atoms with Crippen LogP contribution in [0.2, 0.25) is 0 Å². The van der Waals surface area contributed by atoms with Gasteiger partial charge in [-0.3, -0.25) is 0 Å². The molecule has 1 unspecified atom stereocenters. The monoisotopic (exact) mass is 285 g/mol. The number of hydrogen-bond acceptors (Lipinski definition) is 1. The normalized spacial score (nSPS) is 24.4. The van der Waals surface area contributed by atoms with E-state index < -0.39 is 0 Å². The Balaban J connectivity index is 1.87. The van der Waals surface area contributed by atoms with Gasteiger partial charge < -0.3 is 4.90 Å². The summed E-state index contributed by atoms with van der Waals surface area (Å²) < 4.78 is 0. The number of hydrogen-bond donors (Lipinski definition) is 0. The number of benzene rings is 1. The quantitative estimate of drug-likeness (QED) is 0.722. The van der Waals surface area contributed by atoms with E-state index in [0.29, 0.717) is 0 Å². The molecule has 1 atom stereocenters. The molecule has 1 nitrogen and oxygen atoms in total. The Labute approximate surface area is 130 Å². The Morgan fingerprint density at radius 3 is 2.43 bits per heavy atom. The minimum atomic E-state index is 0.264. The first-order valence-corrected chi connectivity index (χ1v) is 8.90. The summed E-state index contributed by atoms with van der Waals surface area (Å²) in [5.41, 5.74) is 5.02. The van der Waals surface area contributed by atoms with Crippen molar-refractivity contribution >= 4 is 0 Å². The standard InChI is InChI=1S/C20H31N/c1-20(2,3)18-11-10-16-8-4-5-9-19(15-17(16)14-18)21-12-6-7-13-21/h10-11,14,19H,4-9,12-13,15H2,1-3H3. The first-order chi connectivity index (χ1) is 10.0. The van der Waals surface area contributed by atoms with Gasteiger partial charge in [0.25, 0.3) is 0 Å². The van der Waals surface area contributed by atoms with Gasteiger partial charge in [0.05, 0.1) is 0 Å². The summed E-state index contributed by atoms with van der Waals surface area (Å²) in [7, 11) is 0. The van der Waals surface area contributed by atoms with Crippen molar-refractivity contribution in [1.29, 1.82) is 0 Å².